The van der Waals surface area contributed by atoms with E-state index in [1.807, 2.05) is 0 Å². The van der Waals surface area contributed by atoms with Gasteiger partial charge in [0.15, 0.2) is 0 Å². The van der Waals surface area contributed by atoms with E-state index in [-0.39, 0.29) is 5.69 Å². The average Bonchev–Trinajstić information content (AvgIpc) is 2.25. The van der Waals surface area contributed by atoms with Crippen LogP contribution in [-0.4, -0.2) is 30.1 Å². The van der Waals surface area contributed by atoms with Gasteiger partial charge in [-0.25, -0.2) is 10.0 Å². The average molecular weight is 249 g/mol. The first-order valence-corrected chi connectivity index (χ1v) is 4.42. The van der Waals surface area contributed by atoms with Crippen LogP contribution in [0.2, 0.25) is 0 Å². The summed E-state index contributed by atoms with van der Waals surface area (Å²) >= 11 is 0. The highest BCUT2D eigenvalue weighted by Crippen LogP contribution is 2.29. The Morgan fingerprint density at radius 3 is 2.53 bits per heavy atom. The Hall–Kier alpha value is -1.83. The number of carbonyl (C=O) groups excluding carboxylic acids is 1. The summed E-state index contributed by atoms with van der Waals surface area (Å²) in [5.41, 5.74) is 3.44. The molecule has 0 aliphatic heterocycles. The number of aromatic nitrogens is 1. The predicted molar refractivity (Wildman–Crippen MR) is 52.8 cm³/mol. The first-order valence-electron chi connectivity index (χ1n) is 4.42. The molecule has 1 amide bonds. The van der Waals surface area contributed by atoms with Crippen molar-refractivity contribution in [2.75, 3.05) is 19.9 Å². The summed E-state index contributed by atoms with van der Waals surface area (Å²) in [5, 5.41) is 0.752. The lowest BCUT2D eigenvalue weighted by Crippen LogP contribution is -2.27. The Balaban J connectivity index is 3.19. The van der Waals surface area contributed by atoms with Crippen molar-refractivity contribution in [2.45, 2.75) is 6.18 Å². The number of pyridine rings is 1. The molecule has 0 aliphatic carbocycles. The van der Waals surface area contributed by atoms with Gasteiger partial charge in [0.1, 0.15) is 11.4 Å². The summed E-state index contributed by atoms with van der Waals surface area (Å²) in [4.78, 5) is 19.3. The normalized spacial score (nSPS) is 11.4. The molecule has 1 aromatic rings. The topological polar surface area (TPSA) is 68.5 Å². The molecule has 0 aromatic carbocycles. The molecular formula is C9H10F3N3O2. The fourth-order valence-electron chi connectivity index (χ4n) is 1.05. The van der Waals surface area contributed by atoms with Crippen molar-refractivity contribution in [3.05, 3.63) is 23.5 Å². The number of alkyl halides is 3. The van der Waals surface area contributed by atoms with Gasteiger partial charge >= 0.3 is 6.18 Å². The molecule has 8 heteroatoms. The van der Waals surface area contributed by atoms with Gasteiger partial charge < -0.3 is 5.73 Å². The number of nitrogens with two attached hydrogens (primary N) is 1. The lowest BCUT2D eigenvalue weighted by molar-refractivity contribution is -0.141. The maximum atomic E-state index is 12.4. The largest absolute Gasteiger partial charge is 0.433 e. The predicted octanol–water partition coefficient (Wildman–Crippen LogP) is 1.32. The van der Waals surface area contributed by atoms with Gasteiger partial charge in [-0.3, -0.25) is 9.63 Å². The fourth-order valence-corrected chi connectivity index (χ4v) is 1.05. The first kappa shape index (κ1) is 13.2. The third kappa shape index (κ3) is 3.06. The van der Waals surface area contributed by atoms with Crippen LogP contribution in [-0.2, 0) is 11.0 Å². The fraction of sp³-hybridized carbons (Fsp3) is 0.333. The zero-order valence-electron chi connectivity index (χ0n) is 9.08. The molecule has 0 saturated heterocycles. The van der Waals surface area contributed by atoms with Gasteiger partial charge in [-0.15, -0.1) is 0 Å². The van der Waals surface area contributed by atoms with Crippen LogP contribution in [0, 0.1) is 0 Å². The molecule has 0 bridgehead atoms. The Morgan fingerprint density at radius 1 is 1.47 bits per heavy atom. The summed E-state index contributed by atoms with van der Waals surface area (Å²) in [5.74, 6) is -0.815. The molecule has 0 atom stereocenters. The van der Waals surface area contributed by atoms with Crippen molar-refractivity contribution in [1.82, 2.24) is 10.0 Å². The van der Waals surface area contributed by atoms with Crippen molar-refractivity contribution in [3.8, 4) is 0 Å². The van der Waals surface area contributed by atoms with E-state index in [4.69, 9.17) is 5.73 Å². The minimum absolute atomic E-state index is 0.194. The number of hydrogen-bond acceptors (Lipinski definition) is 4. The molecule has 0 unspecified atom stereocenters. The highest BCUT2D eigenvalue weighted by molar-refractivity contribution is 5.92. The van der Waals surface area contributed by atoms with Gasteiger partial charge in [0.2, 0.25) is 0 Å². The second-order valence-electron chi connectivity index (χ2n) is 3.15. The van der Waals surface area contributed by atoms with Crippen LogP contribution in [0.1, 0.15) is 16.2 Å². The van der Waals surface area contributed by atoms with E-state index in [9.17, 15) is 18.0 Å². The highest BCUT2D eigenvalue weighted by Gasteiger charge is 2.34. The van der Waals surface area contributed by atoms with E-state index in [2.05, 4.69) is 9.82 Å². The second-order valence-corrected chi connectivity index (χ2v) is 3.15. The molecule has 2 N–H and O–H groups in total. The van der Waals surface area contributed by atoms with Crippen molar-refractivity contribution in [1.29, 1.82) is 0 Å². The molecule has 0 radical (unpaired) electrons. The monoisotopic (exact) mass is 249 g/mol. The number of amides is 1. The third-order valence-corrected chi connectivity index (χ3v) is 1.92. The number of anilines is 1. The van der Waals surface area contributed by atoms with Crippen LogP contribution in [0.5, 0.6) is 0 Å². The molecule has 0 saturated carbocycles. The van der Waals surface area contributed by atoms with E-state index < -0.39 is 23.5 Å². The number of halogens is 3. The number of hydroxylamine groups is 2. The number of nitrogen functional groups attached to an aromatic ring is 1. The Labute approximate surface area is 94.9 Å². The molecule has 1 aromatic heterocycles. The minimum atomic E-state index is -4.66. The van der Waals surface area contributed by atoms with Gasteiger partial charge in [0.05, 0.1) is 7.11 Å². The standard InChI is InChI=1S/C9H10F3N3O2/c1-15(17-2)8(16)6-3-5(13)4-7(14-6)9(10,11)12/h3-4H,1-2H3,(H2,13,14). The van der Waals surface area contributed by atoms with Gasteiger partial charge in [0, 0.05) is 12.7 Å². The number of nitrogens with zero attached hydrogens (tertiary/aromatic N) is 2. The zero-order chi connectivity index (χ0) is 13.2. The van der Waals surface area contributed by atoms with Crippen molar-refractivity contribution in [2.24, 2.45) is 0 Å². The van der Waals surface area contributed by atoms with Gasteiger partial charge in [-0.05, 0) is 12.1 Å². The molecule has 5 nitrogen and oxygen atoms in total. The maximum Gasteiger partial charge on any atom is 0.433 e. The molecule has 1 rings (SSSR count). The maximum absolute atomic E-state index is 12.4. The zero-order valence-corrected chi connectivity index (χ0v) is 9.08. The lowest BCUT2D eigenvalue weighted by atomic mass is 10.2. The summed E-state index contributed by atoms with van der Waals surface area (Å²) in [6, 6.07) is 1.71. The highest BCUT2D eigenvalue weighted by atomic mass is 19.4. The summed E-state index contributed by atoms with van der Waals surface area (Å²) in [6.45, 7) is 0. The molecule has 0 spiro atoms. The molecule has 17 heavy (non-hydrogen) atoms. The van der Waals surface area contributed by atoms with E-state index in [1.165, 1.54) is 14.2 Å². The van der Waals surface area contributed by atoms with Crippen LogP contribution < -0.4 is 5.73 Å². The van der Waals surface area contributed by atoms with Crippen molar-refractivity contribution >= 4 is 11.6 Å². The van der Waals surface area contributed by atoms with Crippen LogP contribution in [0.15, 0.2) is 12.1 Å². The first-order chi connectivity index (χ1) is 7.75. The van der Waals surface area contributed by atoms with Crippen molar-refractivity contribution in [3.63, 3.8) is 0 Å². The molecular weight excluding hydrogens is 239 g/mol. The second kappa shape index (κ2) is 4.58. The molecule has 94 valence electrons. The number of carbonyl (C=O) groups is 1. The Bertz CT molecular complexity index is 434. The van der Waals surface area contributed by atoms with Crippen LogP contribution >= 0.6 is 0 Å². The third-order valence-electron chi connectivity index (χ3n) is 1.92. The number of rotatable bonds is 2. The summed E-state index contributed by atoms with van der Waals surface area (Å²) in [6.07, 6.45) is -4.66. The molecule has 1 heterocycles. The summed E-state index contributed by atoms with van der Waals surface area (Å²) in [7, 11) is 2.45. The van der Waals surface area contributed by atoms with E-state index >= 15 is 0 Å². The Morgan fingerprint density at radius 2 is 2.06 bits per heavy atom. The van der Waals surface area contributed by atoms with Gasteiger partial charge in [0.25, 0.3) is 5.91 Å². The van der Waals surface area contributed by atoms with Crippen LogP contribution in [0.4, 0.5) is 18.9 Å². The molecule has 0 aliphatic rings. The Kier molecular flexibility index (Phi) is 3.56. The quantitative estimate of drug-likeness (QED) is 0.802. The number of hydrogen-bond donors (Lipinski definition) is 1. The SMILES string of the molecule is CON(C)C(=O)c1cc(N)cc(C(F)(F)F)n1. The summed E-state index contributed by atoms with van der Waals surface area (Å²) < 4.78 is 37.3. The van der Waals surface area contributed by atoms with Crippen LogP contribution in [0.3, 0.4) is 0 Å². The smallest absolute Gasteiger partial charge is 0.399 e. The van der Waals surface area contributed by atoms with Gasteiger partial charge in [-0.2, -0.15) is 13.2 Å². The van der Waals surface area contributed by atoms with E-state index in [1.54, 1.807) is 0 Å². The van der Waals surface area contributed by atoms with Gasteiger partial charge in [-0.1, -0.05) is 0 Å². The minimum Gasteiger partial charge on any atom is -0.399 e. The van der Waals surface area contributed by atoms with Crippen LogP contribution in [0.25, 0.3) is 0 Å². The van der Waals surface area contributed by atoms with E-state index in [0.717, 1.165) is 11.1 Å². The van der Waals surface area contributed by atoms with E-state index in [0.29, 0.717) is 6.07 Å². The molecule has 0 fully saturated rings. The lowest BCUT2D eigenvalue weighted by Gasteiger charge is -2.14. The van der Waals surface area contributed by atoms with Crippen molar-refractivity contribution < 1.29 is 22.8 Å².